The normalized spacial score (nSPS) is 22.1. The Morgan fingerprint density at radius 2 is 1.76 bits per heavy atom. The van der Waals surface area contributed by atoms with E-state index < -0.39 is 5.60 Å². The van der Waals surface area contributed by atoms with Crippen molar-refractivity contribution in [2.45, 2.75) is 64.6 Å². The van der Waals surface area contributed by atoms with Crippen LogP contribution in [-0.4, -0.2) is 47.0 Å². The van der Waals surface area contributed by atoms with Crippen LogP contribution in [0, 0.1) is 5.41 Å². The largest absolute Gasteiger partial charge is 0.393 e. The molecule has 0 aromatic carbocycles. The van der Waals surface area contributed by atoms with E-state index in [2.05, 4.69) is 25.7 Å². The van der Waals surface area contributed by atoms with Gasteiger partial charge in [-0.1, -0.05) is 33.6 Å². The number of aliphatic hydroxyl groups is 2. The van der Waals surface area contributed by atoms with Crippen LogP contribution in [0.1, 0.15) is 52.9 Å². The number of likely N-dealkylation sites (N-methyl/N-ethyl adjacent to an activating group) is 1. The van der Waals surface area contributed by atoms with E-state index in [1.54, 1.807) is 0 Å². The molecule has 1 unspecified atom stereocenters. The topological polar surface area (TPSA) is 43.7 Å². The van der Waals surface area contributed by atoms with Gasteiger partial charge in [0.2, 0.25) is 0 Å². The summed E-state index contributed by atoms with van der Waals surface area (Å²) < 4.78 is 0. The smallest absolute Gasteiger partial charge is 0.0774 e. The highest BCUT2D eigenvalue weighted by molar-refractivity contribution is 4.87. The first-order chi connectivity index (χ1) is 7.73. The van der Waals surface area contributed by atoms with Crippen LogP contribution in [0.25, 0.3) is 0 Å². The average molecular weight is 243 g/mol. The van der Waals surface area contributed by atoms with Crippen LogP contribution < -0.4 is 0 Å². The molecule has 0 heterocycles. The predicted molar refractivity (Wildman–Crippen MR) is 71.0 cm³/mol. The third kappa shape index (κ3) is 4.94. The Morgan fingerprint density at radius 1 is 1.24 bits per heavy atom. The Bertz CT molecular complexity index is 229. The lowest BCUT2D eigenvalue weighted by Gasteiger charge is -2.31. The highest BCUT2D eigenvalue weighted by Gasteiger charge is 2.32. The third-order valence-corrected chi connectivity index (χ3v) is 3.88. The van der Waals surface area contributed by atoms with Gasteiger partial charge in [-0.3, -0.25) is 0 Å². The van der Waals surface area contributed by atoms with Crippen molar-refractivity contribution < 1.29 is 10.2 Å². The molecule has 1 saturated carbocycles. The number of hydrogen-bond donors (Lipinski definition) is 2. The molecule has 0 radical (unpaired) electrons. The van der Waals surface area contributed by atoms with E-state index in [-0.39, 0.29) is 11.5 Å². The molecular weight excluding hydrogens is 214 g/mol. The molecule has 0 aromatic heterocycles. The summed E-state index contributed by atoms with van der Waals surface area (Å²) in [7, 11) is 2.03. The molecule has 1 aliphatic rings. The third-order valence-electron chi connectivity index (χ3n) is 3.88. The number of nitrogens with zero attached hydrogens (tertiary/aromatic N) is 1. The second-order valence-electron chi connectivity index (χ2n) is 6.84. The average Bonchev–Trinajstić information content (AvgIpc) is 2.59. The van der Waals surface area contributed by atoms with Gasteiger partial charge >= 0.3 is 0 Å². The van der Waals surface area contributed by atoms with E-state index in [0.717, 1.165) is 45.2 Å². The van der Waals surface area contributed by atoms with Crippen LogP contribution in [0.5, 0.6) is 0 Å². The Balaban J connectivity index is 2.28. The van der Waals surface area contributed by atoms with Crippen molar-refractivity contribution in [1.29, 1.82) is 0 Å². The molecule has 3 heteroatoms. The lowest BCUT2D eigenvalue weighted by molar-refractivity contribution is 0.00517. The highest BCUT2D eigenvalue weighted by atomic mass is 16.3. The number of rotatable bonds is 5. The zero-order valence-corrected chi connectivity index (χ0v) is 11.9. The molecule has 1 rings (SSSR count). The monoisotopic (exact) mass is 243 g/mol. The molecule has 0 aliphatic heterocycles. The number of hydrogen-bond acceptors (Lipinski definition) is 3. The summed E-state index contributed by atoms with van der Waals surface area (Å²) in [6.45, 7) is 7.76. The highest BCUT2D eigenvalue weighted by Crippen LogP contribution is 2.30. The summed E-state index contributed by atoms with van der Waals surface area (Å²) in [4.78, 5) is 2.15. The predicted octanol–water partition coefficient (Wildman–Crippen LogP) is 2.02. The molecule has 0 amide bonds. The van der Waals surface area contributed by atoms with Crippen LogP contribution in [0.3, 0.4) is 0 Å². The molecule has 1 fully saturated rings. The maximum absolute atomic E-state index is 10.3. The van der Waals surface area contributed by atoms with Crippen LogP contribution in [0.15, 0.2) is 0 Å². The maximum atomic E-state index is 10.3. The molecule has 0 aromatic rings. The van der Waals surface area contributed by atoms with E-state index in [4.69, 9.17) is 0 Å². The first-order valence-corrected chi connectivity index (χ1v) is 6.82. The molecule has 3 nitrogen and oxygen atoms in total. The van der Waals surface area contributed by atoms with Crippen LogP contribution in [0.2, 0.25) is 0 Å². The van der Waals surface area contributed by atoms with Gasteiger partial charge in [0.25, 0.3) is 0 Å². The standard InChI is InChI=1S/C14H29NO2/c1-13(2,3)12(16)7-10-15(4)11-14(17)8-5-6-9-14/h12,16-17H,5-11H2,1-4H3. The van der Waals surface area contributed by atoms with Crippen molar-refractivity contribution in [3.63, 3.8) is 0 Å². The second-order valence-corrected chi connectivity index (χ2v) is 6.84. The maximum Gasteiger partial charge on any atom is 0.0774 e. The van der Waals surface area contributed by atoms with Gasteiger partial charge in [0.1, 0.15) is 0 Å². The molecule has 0 spiro atoms. The molecule has 1 atom stereocenters. The van der Waals surface area contributed by atoms with E-state index in [1.807, 2.05) is 7.05 Å². The first-order valence-electron chi connectivity index (χ1n) is 6.82. The van der Waals surface area contributed by atoms with Gasteiger partial charge in [0, 0.05) is 13.1 Å². The Kier molecular flexibility index (Phi) is 4.99. The Morgan fingerprint density at radius 3 is 2.24 bits per heavy atom. The summed E-state index contributed by atoms with van der Waals surface area (Å²) >= 11 is 0. The molecular formula is C14H29NO2. The lowest BCUT2D eigenvalue weighted by Crippen LogP contribution is -2.41. The van der Waals surface area contributed by atoms with Gasteiger partial charge in [-0.25, -0.2) is 0 Å². The van der Waals surface area contributed by atoms with E-state index in [9.17, 15) is 10.2 Å². The van der Waals surface area contributed by atoms with Gasteiger partial charge in [0.05, 0.1) is 11.7 Å². The van der Waals surface area contributed by atoms with Gasteiger partial charge in [0.15, 0.2) is 0 Å². The fourth-order valence-corrected chi connectivity index (χ4v) is 2.55. The van der Waals surface area contributed by atoms with Crippen LogP contribution in [-0.2, 0) is 0 Å². The number of aliphatic hydroxyl groups excluding tert-OH is 1. The SMILES string of the molecule is CN(CCC(O)C(C)(C)C)CC1(O)CCCC1. The van der Waals surface area contributed by atoms with Crippen molar-refractivity contribution in [3.8, 4) is 0 Å². The van der Waals surface area contributed by atoms with E-state index >= 15 is 0 Å². The van der Waals surface area contributed by atoms with E-state index in [0.29, 0.717) is 0 Å². The van der Waals surface area contributed by atoms with Gasteiger partial charge < -0.3 is 15.1 Å². The van der Waals surface area contributed by atoms with E-state index in [1.165, 1.54) is 0 Å². The van der Waals surface area contributed by atoms with Crippen molar-refractivity contribution in [2.75, 3.05) is 20.1 Å². The van der Waals surface area contributed by atoms with Gasteiger partial charge in [-0.05, 0) is 31.7 Å². The van der Waals surface area contributed by atoms with Crippen LogP contribution >= 0.6 is 0 Å². The quantitative estimate of drug-likeness (QED) is 0.776. The Labute approximate surface area is 106 Å². The van der Waals surface area contributed by atoms with Crippen molar-refractivity contribution in [3.05, 3.63) is 0 Å². The summed E-state index contributed by atoms with van der Waals surface area (Å²) in [6, 6.07) is 0. The zero-order valence-electron chi connectivity index (χ0n) is 11.9. The van der Waals surface area contributed by atoms with Gasteiger partial charge in [-0.15, -0.1) is 0 Å². The zero-order chi connectivity index (χ0) is 13.1. The molecule has 0 bridgehead atoms. The minimum absolute atomic E-state index is 0.0505. The summed E-state index contributed by atoms with van der Waals surface area (Å²) in [5.74, 6) is 0. The molecule has 2 N–H and O–H groups in total. The summed E-state index contributed by atoms with van der Waals surface area (Å²) in [5.41, 5.74) is -0.521. The molecule has 17 heavy (non-hydrogen) atoms. The molecule has 102 valence electrons. The van der Waals surface area contributed by atoms with Gasteiger partial charge in [-0.2, -0.15) is 0 Å². The summed E-state index contributed by atoms with van der Waals surface area (Å²) in [5, 5.41) is 20.3. The molecule has 0 saturated heterocycles. The van der Waals surface area contributed by atoms with Crippen molar-refractivity contribution in [2.24, 2.45) is 5.41 Å². The first kappa shape index (κ1) is 14.9. The fourth-order valence-electron chi connectivity index (χ4n) is 2.55. The Hall–Kier alpha value is -0.120. The minimum atomic E-state index is -0.471. The van der Waals surface area contributed by atoms with Crippen LogP contribution in [0.4, 0.5) is 0 Å². The fraction of sp³-hybridized carbons (Fsp3) is 1.00. The second kappa shape index (κ2) is 5.68. The summed E-state index contributed by atoms with van der Waals surface area (Å²) in [6.07, 6.45) is 4.65. The lowest BCUT2D eigenvalue weighted by atomic mass is 9.87. The van der Waals surface area contributed by atoms with Crippen molar-refractivity contribution in [1.82, 2.24) is 4.90 Å². The molecule has 1 aliphatic carbocycles. The van der Waals surface area contributed by atoms with Crippen molar-refractivity contribution >= 4 is 0 Å². The minimum Gasteiger partial charge on any atom is -0.393 e.